The van der Waals surface area contributed by atoms with Crippen molar-refractivity contribution in [1.82, 2.24) is 0 Å². The van der Waals surface area contributed by atoms with Gasteiger partial charge in [-0.05, 0) is 42.2 Å². The Balaban J connectivity index is 1.79. The van der Waals surface area contributed by atoms with Crippen LogP contribution in [0.1, 0.15) is 43.2 Å². The van der Waals surface area contributed by atoms with E-state index >= 15 is 0 Å². The second-order valence-electron chi connectivity index (χ2n) is 5.14. The number of aliphatic hydroxyl groups is 1. The summed E-state index contributed by atoms with van der Waals surface area (Å²) in [6.07, 6.45) is 6.28. The highest BCUT2D eigenvalue weighted by molar-refractivity contribution is 7.98. The van der Waals surface area contributed by atoms with Crippen LogP contribution >= 0.6 is 11.8 Å². The number of benzene rings is 1. The Bertz CT molecular complexity index is 438. The molecule has 0 spiro atoms. The van der Waals surface area contributed by atoms with Gasteiger partial charge in [-0.3, -0.25) is 0 Å². The van der Waals surface area contributed by atoms with Crippen LogP contribution in [-0.2, 0) is 5.75 Å². The maximum Gasteiger partial charge on any atom is 0.0540 e. The molecule has 0 saturated heterocycles. The van der Waals surface area contributed by atoms with Gasteiger partial charge in [-0.15, -0.1) is 0 Å². The summed E-state index contributed by atoms with van der Waals surface area (Å²) >= 11 is 2.05. The van der Waals surface area contributed by atoms with E-state index in [1.165, 1.54) is 37.0 Å². The Morgan fingerprint density at radius 2 is 2.11 bits per heavy atom. The molecule has 1 aromatic rings. The zero-order valence-corrected chi connectivity index (χ0v) is 12.2. The molecule has 19 heavy (non-hydrogen) atoms. The Hall–Kier alpha value is -0.910. The number of hydrogen-bond acceptors (Lipinski definition) is 2. The normalized spacial score (nSPS) is 15.2. The third-order valence-electron chi connectivity index (χ3n) is 3.49. The summed E-state index contributed by atoms with van der Waals surface area (Å²) in [5.74, 6) is 9.42. The average molecular weight is 274 g/mol. The molecule has 0 atom stereocenters. The summed E-state index contributed by atoms with van der Waals surface area (Å²) < 4.78 is 0. The smallest absolute Gasteiger partial charge is 0.0540 e. The van der Waals surface area contributed by atoms with Gasteiger partial charge in [0.05, 0.1) is 6.61 Å². The molecule has 0 amide bonds. The van der Waals surface area contributed by atoms with Crippen molar-refractivity contribution in [2.24, 2.45) is 5.92 Å². The van der Waals surface area contributed by atoms with E-state index in [-0.39, 0.29) is 6.61 Å². The molecule has 0 unspecified atom stereocenters. The molecule has 1 aliphatic rings. The summed E-state index contributed by atoms with van der Waals surface area (Å²) in [5, 5.41) is 8.71. The van der Waals surface area contributed by atoms with Gasteiger partial charge in [0.25, 0.3) is 0 Å². The second-order valence-corrected chi connectivity index (χ2v) is 6.17. The topological polar surface area (TPSA) is 20.2 Å². The number of thioether (sulfide) groups is 1. The molecule has 1 saturated carbocycles. The van der Waals surface area contributed by atoms with Crippen molar-refractivity contribution in [2.75, 3.05) is 12.4 Å². The Morgan fingerprint density at radius 1 is 1.26 bits per heavy atom. The van der Waals surface area contributed by atoms with E-state index in [2.05, 4.69) is 41.8 Å². The number of hydrogen-bond donors (Lipinski definition) is 1. The van der Waals surface area contributed by atoms with Crippen molar-refractivity contribution >= 4 is 11.8 Å². The van der Waals surface area contributed by atoms with Crippen LogP contribution in [0, 0.1) is 17.8 Å². The van der Waals surface area contributed by atoms with E-state index in [0.717, 1.165) is 17.2 Å². The lowest BCUT2D eigenvalue weighted by molar-refractivity contribution is 0.305. The summed E-state index contributed by atoms with van der Waals surface area (Å²) in [4.78, 5) is 0. The van der Waals surface area contributed by atoms with Gasteiger partial charge in [-0.1, -0.05) is 36.8 Å². The van der Waals surface area contributed by atoms with Crippen molar-refractivity contribution in [2.45, 2.75) is 37.9 Å². The molecular weight excluding hydrogens is 252 g/mol. The van der Waals surface area contributed by atoms with E-state index in [4.69, 9.17) is 5.11 Å². The summed E-state index contributed by atoms with van der Waals surface area (Å²) in [6, 6.07) is 8.47. The molecule has 1 aliphatic carbocycles. The molecule has 102 valence electrons. The van der Waals surface area contributed by atoms with Crippen molar-refractivity contribution in [1.29, 1.82) is 0 Å². The number of aliphatic hydroxyl groups excluding tert-OH is 1. The van der Waals surface area contributed by atoms with Crippen LogP contribution in [0.4, 0.5) is 0 Å². The maximum absolute atomic E-state index is 8.71. The zero-order chi connectivity index (χ0) is 13.3. The Kier molecular flexibility index (Phi) is 6.33. The van der Waals surface area contributed by atoms with Crippen LogP contribution in [0.25, 0.3) is 0 Å². The minimum absolute atomic E-state index is 0.143. The predicted octanol–water partition coefficient (Wildman–Crippen LogP) is 3.84. The van der Waals surface area contributed by atoms with Crippen molar-refractivity contribution in [3.63, 3.8) is 0 Å². The molecule has 1 nitrogen and oxygen atoms in total. The molecule has 0 aromatic heterocycles. The molecule has 0 bridgehead atoms. The van der Waals surface area contributed by atoms with Gasteiger partial charge in [-0.25, -0.2) is 0 Å². The Labute approximate surface area is 120 Å². The fraction of sp³-hybridized carbons (Fsp3) is 0.529. The van der Waals surface area contributed by atoms with E-state index in [1.807, 2.05) is 6.07 Å². The number of rotatable bonds is 5. The standard InChI is InChI=1S/C17H22OS/c18-11-4-3-6-15-9-5-10-17(12-15)14-19-13-16-7-1-2-8-16/h5,9-10,12,16,18H,1-2,4,7-8,11,13-14H2. The first-order valence-corrected chi connectivity index (χ1v) is 8.30. The minimum Gasteiger partial charge on any atom is -0.395 e. The molecule has 2 heteroatoms. The first kappa shape index (κ1) is 14.5. The monoisotopic (exact) mass is 274 g/mol. The average Bonchev–Trinajstić information content (AvgIpc) is 2.93. The summed E-state index contributed by atoms with van der Waals surface area (Å²) in [5.41, 5.74) is 2.42. The van der Waals surface area contributed by atoms with Crippen molar-refractivity contribution in [3.05, 3.63) is 35.4 Å². The van der Waals surface area contributed by atoms with Gasteiger partial charge < -0.3 is 5.11 Å². The first-order chi connectivity index (χ1) is 9.38. The molecule has 0 heterocycles. The van der Waals surface area contributed by atoms with E-state index in [1.54, 1.807) is 0 Å². The molecule has 1 fully saturated rings. The lowest BCUT2D eigenvalue weighted by atomic mass is 10.1. The Morgan fingerprint density at radius 3 is 2.89 bits per heavy atom. The zero-order valence-electron chi connectivity index (χ0n) is 11.4. The van der Waals surface area contributed by atoms with E-state index in [9.17, 15) is 0 Å². The minimum atomic E-state index is 0.143. The van der Waals surface area contributed by atoms with Crippen LogP contribution in [0.2, 0.25) is 0 Å². The fourth-order valence-electron chi connectivity index (χ4n) is 2.48. The molecule has 1 aromatic carbocycles. The van der Waals surface area contributed by atoms with Crippen LogP contribution in [-0.4, -0.2) is 17.5 Å². The highest BCUT2D eigenvalue weighted by atomic mass is 32.2. The van der Waals surface area contributed by atoms with Crippen LogP contribution in [0.3, 0.4) is 0 Å². The van der Waals surface area contributed by atoms with Gasteiger partial charge in [0.1, 0.15) is 0 Å². The third kappa shape index (κ3) is 5.30. The van der Waals surface area contributed by atoms with Crippen molar-refractivity contribution < 1.29 is 5.11 Å². The molecule has 2 rings (SSSR count). The largest absolute Gasteiger partial charge is 0.395 e. The SMILES string of the molecule is OCCC#Cc1cccc(CSCC2CCCC2)c1. The molecule has 1 N–H and O–H groups in total. The van der Waals surface area contributed by atoms with E-state index < -0.39 is 0 Å². The summed E-state index contributed by atoms with van der Waals surface area (Å²) in [7, 11) is 0. The third-order valence-corrected chi connectivity index (χ3v) is 4.74. The highest BCUT2D eigenvalue weighted by Crippen LogP contribution is 2.29. The van der Waals surface area contributed by atoms with E-state index in [0.29, 0.717) is 6.42 Å². The maximum atomic E-state index is 8.71. The molecule has 0 radical (unpaired) electrons. The molecule has 0 aliphatic heterocycles. The second kappa shape index (κ2) is 8.30. The van der Waals surface area contributed by atoms with Crippen molar-refractivity contribution in [3.8, 4) is 11.8 Å². The fourth-order valence-corrected chi connectivity index (χ4v) is 3.68. The lowest BCUT2D eigenvalue weighted by Crippen LogP contribution is -1.97. The van der Waals surface area contributed by atoms with Gasteiger partial charge in [0, 0.05) is 17.7 Å². The quantitative estimate of drug-likeness (QED) is 0.823. The van der Waals surface area contributed by atoms with Gasteiger partial charge in [-0.2, -0.15) is 11.8 Å². The van der Waals surface area contributed by atoms with Gasteiger partial charge >= 0.3 is 0 Å². The first-order valence-electron chi connectivity index (χ1n) is 7.15. The molecular formula is C17H22OS. The van der Waals surface area contributed by atoms with Gasteiger partial charge in [0.2, 0.25) is 0 Å². The predicted molar refractivity (Wildman–Crippen MR) is 83.1 cm³/mol. The lowest BCUT2D eigenvalue weighted by Gasteiger charge is -2.08. The highest BCUT2D eigenvalue weighted by Gasteiger charge is 2.14. The van der Waals surface area contributed by atoms with Crippen LogP contribution < -0.4 is 0 Å². The van der Waals surface area contributed by atoms with Crippen LogP contribution in [0.15, 0.2) is 24.3 Å². The van der Waals surface area contributed by atoms with Crippen LogP contribution in [0.5, 0.6) is 0 Å². The summed E-state index contributed by atoms with van der Waals surface area (Å²) in [6.45, 7) is 0.143. The van der Waals surface area contributed by atoms with Gasteiger partial charge in [0.15, 0.2) is 0 Å².